The number of para-hydroxylation sites is 1. The lowest BCUT2D eigenvalue weighted by atomic mass is 9.98. The van der Waals surface area contributed by atoms with Crippen molar-refractivity contribution in [3.8, 4) is 44.5 Å². The molecule has 2 heteroatoms. The largest absolute Gasteiger partial charge is 0.314 e. The van der Waals surface area contributed by atoms with E-state index in [1.807, 2.05) is 0 Å². The molecule has 2 nitrogen and oxygen atoms in total. The van der Waals surface area contributed by atoms with Crippen LogP contribution in [-0.2, 0) is 0 Å². The van der Waals surface area contributed by atoms with E-state index in [2.05, 4.69) is 240 Å². The summed E-state index contributed by atoms with van der Waals surface area (Å²) in [5, 5.41) is 5.19. The van der Waals surface area contributed by atoms with Gasteiger partial charge in [0.15, 0.2) is 0 Å². The summed E-state index contributed by atoms with van der Waals surface area (Å²) < 4.78 is 2.49. The molecule has 1 aliphatic rings. The molecule has 0 radical (unpaired) electrons. The van der Waals surface area contributed by atoms with Crippen LogP contribution in [0.15, 0.2) is 236 Å². The highest BCUT2D eigenvalue weighted by Gasteiger charge is 2.22. The van der Waals surface area contributed by atoms with E-state index in [-0.39, 0.29) is 0 Å². The number of hydrogen-bond donors (Lipinski definition) is 0. The summed E-state index contributed by atoms with van der Waals surface area (Å²) >= 11 is 0. The third-order valence-electron chi connectivity index (χ3n) is 12.1. The van der Waals surface area contributed by atoms with E-state index in [1.165, 1.54) is 88.5 Å². The van der Waals surface area contributed by atoms with Crippen molar-refractivity contribution in [2.24, 2.45) is 0 Å². The van der Waals surface area contributed by atoms with Crippen molar-refractivity contribution in [1.29, 1.82) is 0 Å². The van der Waals surface area contributed by atoms with E-state index in [0.717, 1.165) is 24.2 Å². The number of nitrogens with zero attached hydrogens (tertiary/aromatic N) is 2. The van der Waals surface area contributed by atoms with Gasteiger partial charge >= 0.3 is 0 Å². The van der Waals surface area contributed by atoms with Crippen molar-refractivity contribution >= 4 is 49.7 Å². The molecule has 0 atom stereocenters. The Balaban J connectivity index is 0.984. The molecule has 0 unspecified atom stereocenters. The van der Waals surface area contributed by atoms with E-state index in [9.17, 15) is 0 Å². The average molecular weight is 767 g/mol. The summed E-state index contributed by atoms with van der Waals surface area (Å²) in [5.41, 5.74) is 17.1. The zero-order valence-corrected chi connectivity index (χ0v) is 33.2. The lowest BCUT2D eigenvalue weighted by Gasteiger charge is -2.30. The van der Waals surface area contributed by atoms with Crippen LogP contribution in [0.3, 0.4) is 0 Å². The molecule has 0 spiro atoms. The van der Waals surface area contributed by atoms with Gasteiger partial charge in [-0.2, -0.15) is 0 Å². The highest BCUT2D eigenvalue weighted by molar-refractivity contribution is 6.21. The van der Waals surface area contributed by atoms with Gasteiger partial charge in [-0.1, -0.05) is 182 Å². The van der Waals surface area contributed by atoms with Crippen LogP contribution in [0.5, 0.6) is 0 Å². The molecule has 10 aromatic rings. The maximum atomic E-state index is 2.49. The standard InChI is InChI=1S/C58H42N2/c1-3-12-41(13-4-1)43-22-24-45(25-23-43)46-30-33-50(34-31-46)59(53-18-11-17-49(40-53)47-28-26-44(27-29-47)42-14-5-2-6-15-42)51-35-37-52(38-36-51)60-56-21-10-9-20-55(56)58-54-19-8-7-16-48(54)32-39-57(58)60/h1-35,37,39-40H,36,38H2. The lowest BCUT2D eigenvalue weighted by Crippen LogP contribution is -2.18. The lowest BCUT2D eigenvalue weighted by molar-refractivity contribution is 0.895. The normalized spacial score (nSPS) is 12.7. The van der Waals surface area contributed by atoms with E-state index < -0.39 is 0 Å². The molecular weight excluding hydrogens is 725 g/mol. The smallest absolute Gasteiger partial charge is 0.0544 e. The van der Waals surface area contributed by atoms with E-state index in [4.69, 9.17) is 0 Å². The highest BCUT2D eigenvalue weighted by Crippen LogP contribution is 2.42. The minimum absolute atomic E-state index is 0.895. The van der Waals surface area contributed by atoms with Crippen molar-refractivity contribution in [2.45, 2.75) is 12.8 Å². The van der Waals surface area contributed by atoms with Gasteiger partial charge in [-0.3, -0.25) is 0 Å². The number of allylic oxidation sites excluding steroid dienone is 4. The van der Waals surface area contributed by atoms with Crippen LogP contribution in [0.4, 0.5) is 11.4 Å². The monoisotopic (exact) mass is 766 g/mol. The number of fused-ring (bicyclic) bond motifs is 5. The fourth-order valence-electron chi connectivity index (χ4n) is 9.12. The van der Waals surface area contributed by atoms with Gasteiger partial charge < -0.3 is 9.47 Å². The van der Waals surface area contributed by atoms with Crippen LogP contribution in [0.2, 0.25) is 0 Å². The fraction of sp³-hybridized carbons (Fsp3) is 0.0345. The molecular formula is C58H42N2. The first-order valence-corrected chi connectivity index (χ1v) is 20.9. The number of aromatic nitrogens is 1. The van der Waals surface area contributed by atoms with Gasteiger partial charge in [0.2, 0.25) is 0 Å². The topological polar surface area (TPSA) is 8.17 Å². The summed E-state index contributed by atoms with van der Waals surface area (Å²) in [6, 6.07) is 79.3. The number of benzene rings is 9. The summed E-state index contributed by atoms with van der Waals surface area (Å²) in [6.45, 7) is 0. The number of hydrogen-bond acceptors (Lipinski definition) is 1. The van der Waals surface area contributed by atoms with Crippen LogP contribution >= 0.6 is 0 Å². The second-order valence-corrected chi connectivity index (χ2v) is 15.7. The predicted molar refractivity (Wildman–Crippen MR) is 255 cm³/mol. The molecule has 1 heterocycles. The third-order valence-corrected chi connectivity index (χ3v) is 12.1. The summed E-state index contributed by atoms with van der Waals surface area (Å²) in [6.07, 6.45) is 6.50. The van der Waals surface area contributed by atoms with E-state index in [0.29, 0.717) is 0 Å². The molecule has 0 amide bonds. The van der Waals surface area contributed by atoms with Gasteiger partial charge in [0, 0.05) is 33.5 Å². The minimum atomic E-state index is 0.895. The quantitative estimate of drug-likeness (QED) is 0.150. The SMILES string of the molecule is C1=C(N(c2ccc(-c3ccc(-c4ccccc4)cc3)cc2)c2cccc(-c3ccc(-c4ccccc4)cc3)c2)CCC(n2c3ccccc3c3c4ccccc4ccc32)=C1. The second-order valence-electron chi connectivity index (χ2n) is 15.7. The average Bonchev–Trinajstić information content (AvgIpc) is 3.68. The molecule has 60 heavy (non-hydrogen) atoms. The molecule has 1 aromatic heterocycles. The van der Waals surface area contributed by atoms with Gasteiger partial charge in [-0.15, -0.1) is 0 Å². The first-order chi connectivity index (χ1) is 29.7. The maximum absolute atomic E-state index is 2.49. The van der Waals surface area contributed by atoms with Crippen LogP contribution < -0.4 is 4.90 Å². The Bertz CT molecular complexity index is 3210. The van der Waals surface area contributed by atoms with Crippen molar-refractivity contribution < 1.29 is 0 Å². The van der Waals surface area contributed by atoms with Gasteiger partial charge in [0.1, 0.15) is 0 Å². The number of anilines is 2. The molecule has 284 valence electrons. The molecule has 0 saturated carbocycles. The van der Waals surface area contributed by atoms with Gasteiger partial charge in [-0.25, -0.2) is 0 Å². The van der Waals surface area contributed by atoms with Crippen LogP contribution in [0.1, 0.15) is 12.8 Å². The Hall–Kier alpha value is -7.68. The first-order valence-electron chi connectivity index (χ1n) is 20.9. The molecule has 9 aromatic carbocycles. The van der Waals surface area contributed by atoms with E-state index in [1.54, 1.807) is 0 Å². The van der Waals surface area contributed by atoms with Crippen LogP contribution in [-0.4, -0.2) is 4.57 Å². The Morgan fingerprint density at radius 2 is 0.850 bits per heavy atom. The predicted octanol–water partition coefficient (Wildman–Crippen LogP) is 16.0. The Labute approximate surface area is 351 Å². The van der Waals surface area contributed by atoms with Crippen molar-refractivity contribution in [3.63, 3.8) is 0 Å². The minimum Gasteiger partial charge on any atom is -0.314 e. The molecule has 11 rings (SSSR count). The van der Waals surface area contributed by atoms with Gasteiger partial charge in [0.25, 0.3) is 0 Å². The van der Waals surface area contributed by atoms with Crippen LogP contribution in [0.25, 0.3) is 82.8 Å². The molecule has 0 fully saturated rings. The molecule has 0 aliphatic heterocycles. The summed E-state index contributed by atoms with van der Waals surface area (Å²) in [4.78, 5) is 2.46. The second kappa shape index (κ2) is 15.2. The molecule has 0 saturated heterocycles. The molecule has 0 bridgehead atoms. The fourth-order valence-corrected chi connectivity index (χ4v) is 9.12. The Morgan fingerprint density at radius 1 is 0.333 bits per heavy atom. The molecule has 0 N–H and O–H groups in total. The zero-order chi connectivity index (χ0) is 39.8. The maximum Gasteiger partial charge on any atom is 0.0544 e. The summed E-state index contributed by atoms with van der Waals surface area (Å²) in [7, 11) is 0. The Morgan fingerprint density at radius 3 is 1.47 bits per heavy atom. The molecule has 1 aliphatic carbocycles. The van der Waals surface area contributed by atoms with Crippen molar-refractivity contribution in [1.82, 2.24) is 4.57 Å². The van der Waals surface area contributed by atoms with Crippen LogP contribution in [0, 0.1) is 0 Å². The summed E-state index contributed by atoms with van der Waals surface area (Å²) in [5.74, 6) is 0. The third kappa shape index (κ3) is 6.49. The first kappa shape index (κ1) is 35.5. The highest BCUT2D eigenvalue weighted by atomic mass is 15.2. The van der Waals surface area contributed by atoms with Crippen molar-refractivity contribution in [2.75, 3.05) is 4.90 Å². The van der Waals surface area contributed by atoms with Gasteiger partial charge in [-0.05, 0) is 117 Å². The van der Waals surface area contributed by atoms with E-state index >= 15 is 0 Å². The zero-order valence-electron chi connectivity index (χ0n) is 33.2. The van der Waals surface area contributed by atoms with Crippen molar-refractivity contribution in [3.05, 3.63) is 236 Å². The van der Waals surface area contributed by atoms with Gasteiger partial charge in [0.05, 0.1) is 11.0 Å². The number of rotatable bonds is 8. The Kier molecular flexibility index (Phi) is 9.02.